The molecule has 1 aliphatic rings. The third-order valence-corrected chi connectivity index (χ3v) is 5.29. The lowest BCUT2D eigenvalue weighted by Gasteiger charge is -2.34. The Hall–Kier alpha value is -3.12. The van der Waals surface area contributed by atoms with Gasteiger partial charge in [-0.15, -0.1) is 0 Å². The fourth-order valence-corrected chi connectivity index (χ4v) is 3.53. The molecule has 6 heteroatoms. The second kappa shape index (κ2) is 8.49. The van der Waals surface area contributed by atoms with Gasteiger partial charge in [0.15, 0.2) is 0 Å². The highest BCUT2D eigenvalue weighted by Gasteiger charge is 2.14. The number of hydrogen-bond donors (Lipinski definition) is 2. The van der Waals surface area contributed by atoms with Crippen LogP contribution in [-0.2, 0) is 0 Å². The Kier molecular flexibility index (Phi) is 5.62. The Labute approximate surface area is 172 Å². The van der Waals surface area contributed by atoms with Gasteiger partial charge >= 0.3 is 0 Å². The molecule has 3 aromatic rings. The van der Waals surface area contributed by atoms with Crippen molar-refractivity contribution in [3.8, 4) is 0 Å². The van der Waals surface area contributed by atoms with E-state index in [1.807, 2.05) is 6.07 Å². The van der Waals surface area contributed by atoms with Crippen LogP contribution in [0.1, 0.15) is 11.1 Å². The smallest absolute Gasteiger partial charge is 0.229 e. The van der Waals surface area contributed by atoms with Crippen molar-refractivity contribution in [3.63, 3.8) is 0 Å². The van der Waals surface area contributed by atoms with Crippen molar-refractivity contribution in [1.29, 1.82) is 0 Å². The minimum Gasteiger partial charge on any atom is -0.369 e. The number of aryl methyl sites for hydroxylation is 2. The number of piperazine rings is 1. The molecule has 4 rings (SSSR count). The van der Waals surface area contributed by atoms with Crippen LogP contribution in [0.5, 0.6) is 0 Å². The van der Waals surface area contributed by atoms with E-state index in [0.29, 0.717) is 5.95 Å². The summed E-state index contributed by atoms with van der Waals surface area (Å²) < 4.78 is 0. The second-order valence-corrected chi connectivity index (χ2v) is 7.67. The van der Waals surface area contributed by atoms with Gasteiger partial charge in [-0.25, -0.2) is 4.98 Å². The van der Waals surface area contributed by atoms with E-state index in [1.54, 1.807) is 6.20 Å². The zero-order valence-electron chi connectivity index (χ0n) is 17.3. The average molecular weight is 389 g/mol. The molecule has 1 saturated heterocycles. The topological polar surface area (TPSA) is 56.3 Å². The molecule has 2 heterocycles. The third kappa shape index (κ3) is 4.84. The van der Waals surface area contributed by atoms with Crippen molar-refractivity contribution in [2.24, 2.45) is 0 Å². The summed E-state index contributed by atoms with van der Waals surface area (Å²) in [5, 5.41) is 6.68. The molecule has 29 heavy (non-hydrogen) atoms. The minimum atomic E-state index is 0.580. The maximum Gasteiger partial charge on any atom is 0.229 e. The summed E-state index contributed by atoms with van der Waals surface area (Å²) in [7, 11) is 2.18. The molecule has 6 nitrogen and oxygen atoms in total. The summed E-state index contributed by atoms with van der Waals surface area (Å²) in [4.78, 5) is 13.7. The summed E-state index contributed by atoms with van der Waals surface area (Å²) in [5.74, 6) is 1.34. The number of nitrogens with zero attached hydrogens (tertiary/aromatic N) is 4. The molecule has 0 radical (unpaired) electrons. The number of anilines is 5. The molecule has 1 aromatic heterocycles. The van der Waals surface area contributed by atoms with Gasteiger partial charge in [-0.3, -0.25) is 0 Å². The first-order valence-corrected chi connectivity index (χ1v) is 10.0. The number of nitrogens with one attached hydrogen (secondary N) is 2. The van der Waals surface area contributed by atoms with Gasteiger partial charge in [-0.2, -0.15) is 4.98 Å². The van der Waals surface area contributed by atoms with Gasteiger partial charge in [-0.05, 0) is 62.9 Å². The van der Waals surface area contributed by atoms with Gasteiger partial charge in [0, 0.05) is 49.4 Å². The summed E-state index contributed by atoms with van der Waals surface area (Å²) in [5.41, 5.74) is 5.71. The Morgan fingerprint density at radius 2 is 1.62 bits per heavy atom. The molecule has 2 N–H and O–H groups in total. The molecule has 0 unspecified atom stereocenters. The Balaban J connectivity index is 1.42. The molecule has 150 valence electrons. The Morgan fingerprint density at radius 1 is 0.862 bits per heavy atom. The first kappa shape index (κ1) is 19.2. The summed E-state index contributed by atoms with van der Waals surface area (Å²) in [6, 6.07) is 16.7. The highest BCUT2D eigenvalue weighted by molar-refractivity contribution is 5.63. The zero-order chi connectivity index (χ0) is 20.2. The SMILES string of the molecule is Cc1ccc(Nc2nccc(Nc3ccc(N4CCN(C)CC4)cc3)n2)c(C)c1. The van der Waals surface area contributed by atoms with Gasteiger partial charge in [0.2, 0.25) is 5.95 Å². The van der Waals surface area contributed by atoms with E-state index in [4.69, 9.17) is 0 Å². The number of benzene rings is 2. The fraction of sp³-hybridized carbons (Fsp3) is 0.304. The molecule has 0 atom stereocenters. The standard InChI is InChI=1S/C23H28N6/c1-17-4-9-21(18(2)16-17)26-23-24-11-10-22(27-23)25-19-5-7-20(8-6-19)29-14-12-28(3)13-15-29/h4-11,16H,12-15H2,1-3H3,(H2,24,25,26,27). The largest absolute Gasteiger partial charge is 0.369 e. The molecule has 1 fully saturated rings. The van der Waals surface area contributed by atoms with Crippen LogP contribution in [0, 0.1) is 13.8 Å². The number of aromatic nitrogens is 2. The minimum absolute atomic E-state index is 0.580. The normalized spacial score (nSPS) is 14.7. The average Bonchev–Trinajstić information content (AvgIpc) is 2.72. The highest BCUT2D eigenvalue weighted by atomic mass is 15.2. The van der Waals surface area contributed by atoms with Crippen molar-refractivity contribution in [1.82, 2.24) is 14.9 Å². The lowest BCUT2D eigenvalue weighted by molar-refractivity contribution is 0.313. The van der Waals surface area contributed by atoms with Gasteiger partial charge in [-0.1, -0.05) is 17.7 Å². The molecule has 0 aliphatic carbocycles. The van der Waals surface area contributed by atoms with Crippen LogP contribution in [0.2, 0.25) is 0 Å². The quantitative estimate of drug-likeness (QED) is 0.678. The highest BCUT2D eigenvalue weighted by Crippen LogP contribution is 2.23. The van der Waals surface area contributed by atoms with Crippen LogP contribution >= 0.6 is 0 Å². The molecule has 2 aromatic carbocycles. The van der Waals surface area contributed by atoms with Crippen LogP contribution in [-0.4, -0.2) is 48.1 Å². The van der Waals surface area contributed by atoms with Crippen molar-refractivity contribution in [3.05, 3.63) is 65.9 Å². The van der Waals surface area contributed by atoms with Gasteiger partial charge in [0.05, 0.1) is 0 Å². The first-order valence-electron chi connectivity index (χ1n) is 10.0. The lowest BCUT2D eigenvalue weighted by Crippen LogP contribution is -2.44. The number of rotatable bonds is 5. The Morgan fingerprint density at radius 3 is 2.34 bits per heavy atom. The van der Waals surface area contributed by atoms with Crippen LogP contribution in [0.3, 0.4) is 0 Å². The molecule has 0 saturated carbocycles. The van der Waals surface area contributed by atoms with Crippen molar-refractivity contribution < 1.29 is 0 Å². The van der Waals surface area contributed by atoms with Crippen molar-refractivity contribution >= 4 is 28.8 Å². The van der Waals surface area contributed by atoms with Crippen LogP contribution in [0.4, 0.5) is 28.8 Å². The molecule has 1 aliphatic heterocycles. The van der Waals surface area contributed by atoms with Crippen LogP contribution in [0.15, 0.2) is 54.7 Å². The number of hydrogen-bond acceptors (Lipinski definition) is 6. The van der Waals surface area contributed by atoms with Crippen LogP contribution in [0.25, 0.3) is 0 Å². The summed E-state index contributed by atoms with van der Waals surface area (Å²) in [6.07, 6.45) is 1.76. The van der Waals surface area contributed by atoms with E-state index < -0.39 is 0 Å². The van der Waals surface area contributed by atoms with E-state index >= 15 is 0 Å². The predicted molar refractivity (Wildman–Crippen MR) is 121 cm³/mol. The van der Waals surface area contributed by atoms with Gasteiger partial charge < -0.3 is 20.4 Å². The van der Waals surface area contributed by atoms with Crippen molar-refractivity contribution in [2.75, 3.05) is 48.8 Å². The summed E-state index contributed by atoms with van der Waals surface area (Å²) in [6.45, 7) is 8.53. The van der Waals surface area contributed by atoms with Crippen LogP contribution < -0.4 is 15.5 Å². The zero-order valence-corrected chi connectivity index (χ0v) is 17.3. The van der Waals surface area contributed by atoms with E-state index in [-0.39, 0.29) is 0 Å². The fourth-order valence-electron chi connectivity index (χ4n) is 3.53. The molecular formula is C23H28N6. The van der Waals surface area contributed by atoms with E-state index in [1.165, 1.54) is 16.8 Å². The molecular weight excluding hydrogens is 360 g/mol. The number of likely N-dealkylation sites (N-methyl/N-ethyl adjacent to an activating group) is 1. The monoisotopic (exact) mass is 388 g/mol. The van der Waals surface area contributed by atoms with Gasteiger partial charge in [0.1, 0.15) is 5.82 Å². The molecule has 0 spiro atoms. The van der Waals surface area contributed by atoms with E-state index in [2.05, 4.69) is 93.8 Å². The maximum absolute atomic E-state index is 4.60. The maximum atomic E-state index is 4.60. The Bertz CT molecular complexity index is 961. The van der Waals surface area contributed by atoms with Crippen molar-refractivity contribution in [2.45, 2.75) is 13.8 Å². The second-order valence-electron chi connectivity index (χ2n) is 7.67. The van der Waals surface area contributed by atoms with Gasteiger partial charge in [0.25, 0.3) is 0 Å². The predicted octanol–water partition coefficient (Wildman–Crippen LogP) is 4.33. The summed E-state index contributed by atoms with van der Waals surface area (Å²) >= 11 is 0. The van der Waals surface area contributed by atoms with E-state index in [9.17, 15) is 0 Å². The first-order chi connectivity index (χ1) is 14.1. The molecule has 0 amide bonds. The molecule has 0 bridgehead atoms. The third-order valence-electron chi connectivity index (χ3n) is 5.29. The van der Waals surface area contributed by atoms with E-state index in [0.717, 1.165) is 43.4 Å². The lowest BCUT2D eigenvalue weighted by atomic mass is 10.1.